The Morgan fingerprint density at radius 2 is 1.85 bits per heavy atom. The number of hydrogen-bond acceptors (Lipinski definition) is 3. The highest BCUT2D eigenvalue weighted by Crippen LogP contribution is 2.40. The summed E-state index contributed by atoms with van der Waals surface area (Å²) in [4.78, 5) is 5.91. The fourth-order valence-electron chi connectivity index (χ4n) is 3.11. The van der Waals surface area contributed by atoms with Crippen LogP contribution in [0.25, 0.3) is 0 Å². The predicted molar refractivity (Wildman–Crippen MR) is 106 cm³/mol. The number of allylic oxidation sites excluding steroid dienone is 2. The molecule has 0 aliphatic carbocycles. The van der Waals surface area contributed by atoms with Gasteiger partial charge in [0.1, 0.15) is 6.04 Å². The Kier molecular flexibility index (Phi) is 5.25. The van der Waals surface area contributed by atoms with Crippen LogP contribution in [0.15, 0.2) is 71.4 Å². The van der Waals surface area contributed by atoms with Crippen molar-refractivity contribution in [3.8, 4) is 0 Å². The molecule has 134 valence electrons. The fraction of sp³-hybridized carbons (Fsp3) is 0.200. The Morgan fingerprint density at radius 3 is 2.54 bits per heavy atom. The standard InChI is InChI=1S/C20H17Cl3N2O/c21-15-6-4-14(5-7-15)20(18-9-8-17(23)12-24-18)25-19(26-25)11-13-2-1-3-16(22)10-13/h1-10,19-20,24H,11-12H2. The van der Waals surface area contributed by atoms with E-state index < -0.39 is 0 Å². The van der Waals surface area contributed by atoms with Crippen molar-refractivity contribution < 1.29 is 4.84 Å². The van der Waals surface area contributed by atoms with Gasteiger partial charge in [-0.1, -0.05) is 59.1 Å². The molecule has 1 fully saturated rings. The van der Waals surface area contributed by atoms with E-state index in [9.17, 15) is 0 Å². The molecule has 6 heteroatoms. The van der Waals surface area contributed by atoms with Crippen LogP contribution in [-0.4, -0.2) is 17.8 Å². The van der Waals surface area contributed by atoms with Gasteiger partial charge in [-0.3, -0.25) is 4.84 Å². The van der Waals surface area contributed by atoms with Crippen molar-refractivity contribution in [2.75, 3.05) is 6.54 Å². The lowest BCUT2D eigenvalue weighted by Crippen LogP contribution is -2.27. The zero-order chi connectivity index (χ0) is 18.1. The van der Waals surface area contributed by atoms with Gasteiger partial charge in [-0.2, -0.15) is 0 Å². The van der Waals surface area contributed by atoms with E-state index in [1.807, 2.05) is 59.7 Å². The monoisotopic (exact) mass is 406 g/mol. The van der Waals surface area contributed by atoms with E-state index in [1.54, 1.807) is 0 Å². The lowest BCUT2D eigenvalue weighted by atomic mass is 10.0. The largest absolute Gasteiger partial charge is 0.382 e. The van der Waals surface area contributed by atoms with E-state index in [1.165, 1.54) is 0 Å². The molecule has 0 spiro atoms. The van der Waals surface area contributed by atoms with Crippen LogP contribution in [0.2, 0.25) is 10.0 Å². The van der Waals surface area contributed by atoms with Gasteiger partial charge < -0.3 is 5.32 Å². The van der Waals surface area contributed by atoms with Crippen LogP contribution < -0.4 is 5.32 Å². The van der Waals surface area contributed by atoms with Gasteiger partial charge in [-0.15, -0.1) is 5.06 Å². The average molecular weight is 408 g/mol. The maximum atomic E-state index is 6.09. The normalized spacial score (nSPS) is 22.9. The summed E-state index contributed by atoms with van der Waals surface area (Å²) in [5.74, 6) is 0. The average Bonchev–Trinajstić information content (AvgIpc) is 3.37. The van der Waals surface area contributed by atoms with Crippen molar-refractivity contribution in [3.63, 3.8) is 0 Å². The van der Waals surface area contributed by atoms with Gasteiger partial charge in [0, 0.05) is 27.2 Å². The summed E-state index contributed by atoms with van der Waals surface area (Å²) < 4.78 is 0. The first-order valence-corrected chi connectivity index (χ1v) is 9.49. The third-order valence-corrected chi connectivity index (χ3v) is 5.17. The molecule has 0 bridgehead atoms. The molecule has 0 radical (unpaired) electrons. The summed E-state index contributed by atoms with van der Waals surface area (Å²) in [5, 5.41) is 7.61. The number of nitrogens with one attached hydrogen (secondary N) is 1. The van der Waals surface area contributed by atoms with Gasteiger partial charge in [-0.25, -0.2) is 0 Å². The molecule has 4 rings (SSSR count). The van der Waals surface area contributed by atoms with Crippen LogP contribution in [0.3, 0.4) is 0 Å². The van der Waals surface area contributed by atoms with Crippen molar-refractivity contribution in [2.24, 2.45) is 0 Å². The van der Waals surface area contributed by atoms with Gasteiger partial charge in [0.25, 0.3) is 0 Å². The third-order valence-electron chi connectivity index (χ3n) is 4.42. The minimum absolute atomic E-state index is 0.00165. The Balaban J connectivity index is 1.57. The SMILES string of the molecule is ClC1=CC=C(C(c2ccc(Cl)cc2)N2OC2Cc2cccc(Cl)c2)NC1. The van der Waals surface area contributed by atoms with Crippen molar-refractivity contribution in [1.29, 1.82) is 0 Å². The molecule has 2 aromatic carbocycles. The Hall–Kier alpha value is -1.49. The van der Waals surface area contributed by atoms with E-state index in [0.29, 0.717) is 11.6 Å². The first kappa shape index (κ1) is 17.9. The van der Waals surface area contributed by atoms with E-state index in [4.69, 9.17) is 39.6 Å². The summed E-state index contributed by atoms with van der Waals surface area (Å²) >= 11 is 18.2. The zero-order valence-electron chi connectivity index (χ0n) is 13.8. The van der Waals surface area contributed by atoms with E-state index in [0.717, 1.165) is 33.3 Å². The van der Waals surface area contributed by atoms with E-state index >= 15 is 0 Å². The molecule has 2 aromatic rings. The molecule has 0 aromatic heterocycles. The molecule has 1 saturated heterocycles. The molecule has 2 aliphatic rings. The van der Waals surface area contributed by atoms with Crippen LogP contribution in [0.4, 0.5) is 0 Å². The third kappa shape index (κ3) is 4.08. The number of benzene rings is 2. The summed E-state index contributed by atoms with van der Waals surface area (Å²) in [6.07, 6.45) is 4.70. The minimum Gasteiger partial charge on any atom is -0.382 e. The van der Waals surface area contributed by atoms with Crippen molar-refractivity contribution in [3.05, 3.63) is 92.6 Å². The Bertz CT molecular complexity index is 864. The Morgan fingerprint density at radius 1 is 1.04 bits per heavy atom. The highest BCUT2D eigenvalue weighted by molar-refractivity contribution is 6.31. The highest BCUT2D eigenvalue weighted by Gasteiger charge is 2.44. The molecular formula is C20H17Cl3N2O. The Labute approximate surface area is 167 Å². The van der Waals surface area contributed by atoms with Crippen LogP contribution in [0, 0.1) is 0 Å². The van der Waals surface area contributed by atoms with Gasteiger partial charge in [0.15, 0.2) is 6.23 Å². The molecule has 1 N–H and O–H groups in total. The lowest BCUT2D eigenvalue weighted by molar-refractivity contribution is 0.160. The second-order valence-corrected chi connectivity index (χ2v) is 7.66. The summed E-state index contributed by atoms with van der Waals surface area (Å²) in [7, 11) is 0. The molecule has 26 heavy (non-hydrogen) atoms. The molecule has 2 aliphatic heterocycles. The number of hydroxylamine groups is 2. The van der Waals surface area contributed by atoms with Crippen LogP contribution in [-0.2, 0) is 11.3 Å². The van der Waals surface area contributed by atoms with E-state index in [-0.39, 0.29) is 12.3 Å². The second kappa shape index (κ2) is 7.63. The van der Waals surface area contributed by atoms with Gasteiger partial charge in [0.05, 0.1) is 6.54 Å². The van der Waals surface area contributed by atoms with E-state index in [2.05, 4.69) is 11.4 Å². The molecule has 3 unspecified atom stereocenters. The number of rotatable bonds is 5. The smallest absolute Gasteiger partial charge is 0.159 e. The fourth-order valence-corrected chi connectivity index (χ4v) is 3.58. The molecular weight excluding hydrogens is 391 g/mol. The lowest BCUT2D eigenvalue weighted by Gasteiger charge is -2.24. The molecule has 3 nitrogen and oxygen atoms in total. The maximum absolute atomic E-state index is 6.09. The topological polar surface area (TPSA) is 27.6 Å². The highest BCUT2D eigenvalue weighted by atomic mass is 35.5. The molecule has 0 amide bonds. The molecule has 0 saturated carbocycles. The summed E-state index contributed by atoms with van der Waals surface area (Å²) in [6.45, 7) is 0.615. The van der Waals surface area contributed by atoms with Crippen LogP contribution in [0.5, 0.6) is 0 Å². The molecule has 3 atom stereocenters. The van der Waals surface area contributed by atoms with Crippen molar-refractivity contribution in [2.45, 2.75) is 18.7 Å². The summed E-state index contributed by atoms with van der Waals surface area (Å²) in [6, 6.07) is 15.7. The summed E-state index contributed by atoms with van der Waals surface area (Å²) in [5.41, 5.74) is 3.30. The van der Waals surface area contributed by atoms with Crippen molar-refractivity contribution in [1.82, 2.24) is 10.4 Å². The first-order valence-electron chi connectivity index (χ1n) is 8.35. The molecule has 2 heterocycles. The number of dihydropyridines is 1. The van der Waals surface area contributed by atoms with Gasteiger partial charge in [-0.05, 0) is 47.5 Å². The second-order valence-electron chi connectivity index (χ2n) is 6.30. The van der Waals surface area contributed by atoms with Gasteiger partial charge >= 0.3 is 0 Å². The van der Waals surface area contributed by atoms with Crippen molar-refractivity contribution >= 4 is 34.8 Å². The minimum atomic E-state index is -0.0440. The van der Waals surface area contributed by atoms with Crippen LogP contribution in [0.1, 0.15) is 17.2 Å². The number of nitrogens with zero attached hydrogens (tertiary/aromatic N) is 1. The van der Waals surface area contributed by atoms with Gasteiger partial charge in [0.2, 0.25) is 0 Å². The number of hydrogen-bond donors (Lipinski definition) is 1. The maximum Gasteiger partial charge on any atom is 0.159 e. The predicted octanol–water partition coefficient (Wildman–Crippen LogP) is 5.46. The number of halogens is 3. The van der Waals surface area contributed by atoms with Crippen LogP contribution >= 0.6 is 34.8 Å². The quantitative estimate of drug-likeness (QED) is 0.667. The zero-order valence-corrected chi connectivity index (χ0v) is 16.1. The first-order chi connectivity index (χ1) is 12.6.